The summed E-state index contributed by atoms with van der Waals surface area (Å²) >= 11 is 0. The highest BCUT2D eigenvalue weighted by Gasteiger charge is 2.53. The van der Waals surface area contributed by atoms with Crippen molar-refractivity contribution in [2.45, 2.75) is 95.5 Å². The average molecular weight is 579 g/mol. The number of hydrogen-bond acceptors (Lipinski definition) is 3. The van der Waals surface area contributed by atoms with E-state index < -0.39 is 38.3 Å². The summed E-state index contributed by atoms with van der Waals surface area (Å²) in [5, 5.41) is -3.75. The highest BCUT2D eigenvalue weighted by molar-refractivity contribution is 7.54. The molecule has 0 spiro atoms. The van der Waals surface area contributed by atoms with Crippen LogP contribution in [0.2, 0.25) is 0 Å². The molecule has 0 heterocycles. The summed E-state index contributed by atoms with van der Waals surface area (Å²) in [6.07, 6.45) is 0.477. The maximum atomic E-state index is 13.0. The first-order valence-corrected chi connectivity index (χ1v) is 17.5. The zero-order chi connectivity index (χ0) is 28.7. The molecule has 0 saturated carbocycles. The summed E-state index contributed by atoms with van der Waals surface area (Å²) in [6.45, 7) is 9.96. The molecule has 0 atom stereocenters. The van der Waals surface area contributed by atoms with E-state index >= 15 is 0 Å². The van der Waals surface area contributed by atoms with Gasteiger partial charge in [0.1, 0.15) is 0 Å². The molecule has 9 nitrogen and oxygen atoms in total. The predicted octanol–water partition coefficient (Wildman–Crippen LogP) is 6.42. The van der Waals surface area contributed by atoms with E-state index in [2.05, 4.69) is 0 Å². The van der Waals surface area contributed by atoms with Gasteiger partial charge >= 0.3 is 22.8 Å². The van der Waals surface area contributed by atoms with Crippen LogP contribution in [0.4, 0.5) is 0 Å². The summed E-state index contributed by atoms with van der Waals surface area (Å²) in [5.41, 5.74) is 0.765. The minimum atomic E-state index is -4.84. The van der Waals surface area contributed by atoms with Crippen LogP contribution in [-0.4, -0.2) is 29.4 Å². The van der Waals surface area contributed by atoms with E-state index in [1.165, 1.54) is 0 Å². The number of fused-ring (bicyclic) bond motifs is 1. The van der Waals surface area contributed by atoms with Crippen LogP contribution in [0.15, 0.2) is 30.3 Å². The molecule has 0 unspecified atom stereocenters. The Hall–Kier alpha value is -0.850. The van der Waals surface area contributed by atoms with E-state index in [1.54, 1.807) is 71.9 Å². The Morgan fingerprint density at radius 3 is 1.14 bits per heavy atom. The molecule has 0 radical (unpaired) electrons. The Labute approximate surface area is 219 Å². The molecule has 0 aromatic heterocycles. The molecule has 6 N–H and O–H groups in total. The molecule has 12 heteroatoms. The van der Waals surface area contributed by atoms with Gasteiger partial charge in [-0.25, -0.2) is 0 Å². The largest absolute Gasteiger partial charge is 0.335 e. The third-order valence-corrected chi connectivity index (χ3v) is 14.7. The van der Waals surface area contributed by atoms with Crippen LogP contribution in [0.25, 0.3) is 10.8 Å². The standard InChI is InChI=1S/C25H41O9P3/c1-7-23(8-2,35(26,27)28)20-14-13-18-16-21(24(9-3,10-4)36(29,30)31)22(17-19(18)15-20)25(11-5,12-6)37(32,33)34/h13-17H,7-12H2,1-6H3,(H2,26,27,28)(H2,29,30,31)(H2,32,33,34). The first kappa shape index (κ1) is 32.4. The minimum Gasteiger partial charge on any atom is -0.324 e. The molecule has 0 saturated heterocycles. The van der Waals surface area contributed by atoms with Gasteiger partial charge in [0.15, 0.2) is 0 Å². The summed E-state index contributed by atoms with van der Waals surface area (Å²) in [6, 6.07) is 8.05. The Morgan fingerprint density at radius 1 is 0.514 bits per heavy atom. The lowest BCUT2D eigenvalue weighted by Crippen LogP contribution is -2.33. The van der Waals surface area contributed by atoms with Crippen molar-refractivity contribution in [3.05, 3.63) is 47.0 Å². The van der Waals surface area contributed by atoms with Crippen LogP contribution in [0.1, 0.15) is 96.8 Å². The lowest BCUT2D eigenvalue weighted by molar-refractivity contribution is 0.301. The summed E-state index contributed by atoms with van der Waals surface area (Å²) in [5.74, 6) is 0. The molecule has 2 rings (SSSR count). The van der Waals surface area contributed by atoms with E-state index in [4.69, 9.17) is 0 Å². The fraction of sp³-hybridized carbons (Fsp3) is 0.600. The Bertz CT molecular complexity index is 1260. The maximum absolute atomic E-state index is 13.0. The zero-order valence-electron chi connectivity index (χ0n) is 22.4. The summed E-state index contributed by atoms with van der Waals surface area (Å²) < 4.78 is 38.5. The normalized spacial score (nSPS) is 14.4. The van der Waals surface area contributed by atoms with Crippen molar-refractivity contribution >= 4 is 33.6 Å². The highest BCUT2D eigenvalue weighted by atomic mass is 31.2. The highest BCUT2D eigenvalue weighted by Crippen LogP contribution is 2.68. The Balaban J connectivity index is 3.19. The van der Waals surface area contributed by atoms with Crippen LogP contribution in [0.3, 0.4) is 0 Å². The molecule has 0 fully saturated rings. The maximum Gasteiger partial charge on any atom is 0.335 e. The Kier molecular flexibility index (Phi) is 9.59. The molecule has 210 valence electrons. The fourth-order valence-electron chi connectivity index (χ4n) is 6.00. The van der Waals surface area contributed by atoms with Gasteiger partial charge in [-0.2, -0.15) is 0 Å². The van der Waals surface area contributed by atoms with Crippen molar-refractivity contribution in [3.63, 3.8) is 0 Å². The second-order valence-corrected chi connectivity index (χ2v) is 15.6. The van der Waals surface area contributed by atoms with Crippen molar-refractivity contribution in [1.29, 1.82) is 0 Å². The van der Waals surface area contributed by atoms with Gasteiger partial charge in [-0.1, -0.05) is 53.7 Å². The predicted molar refractivity (Wildman–Crippen MR) is 147 cm³/mol. The minimum absolute atomic E-state index is 0.0208. The van der Waals surface area contributed by atoms with Gasteiger partial charge in [-0.05, 0) is 84.2 Å². The molecule has 0 bridgehead atoms. The van der Waals surface area contributed by atoms with E-state index in [0.29, 0.717) is 16.3 Å². The molecule has 2 aromatic rings. The van der Waals surface area contributed by atoms with Gasteiger partial charge in [0.25, 0.3) is 0 Å². The van der Waals surface area contributed by atoms with Gasteiger partial charge < -0.3 is 29.4 Å². The topological polar surface area (TPSA) is 173 Å². The van der Waals surface area contributed by atoms with E-state index in [9.17, 15) is 43.1 Å². The van der Waals surface area contributed by atoms with Crippen LogP contribution in [-0.2, 0) is 29.2 Å². The van der Waals surface area contributed by atoms with Crippen LogP contribution < -0.4 is 0 Å². The molecular formula is C25H41O9P3. The number of hydrogen-bond donors (Lipinski definition) is 6. The van der Waals surface area contributed by atoms with Gasteiger partial charge in [-0.3, -0.25) is 13.7 Å². The first-order valence-electron chi connectivity index (χ1n) is 12.7. The monoisotopic (exact) mass is 578 g/mol. The SMILES string of the molecule is CCC(CC)(c1ccc2cc(C(CC)(CC)P(=O)(O)O)c(C(CC)(CC)P(=O)(O)O)cc2c1)P(=O)(O)O. The van der Waals surface area contributed by atoms with Crippen molar-refractivity contribution in [1.82, 2.24) is 0 Å². The van der Waals surface area contributed by atoms with Crippen molar-refractivity contribution < 1.29 is 43.1 Å². The Morgan fingerprint density at radius 2 is 0.838 bits per heavy atom. The van der Waals surface area contributed by atoms with Crippen molar-refractivity contribution in [2.24, 2.45) is 0 Å². The smallest absolute Gasteiger partial charge is 0.324 e. The lowest BCUT2D eigenvalue weighted by Gasteiger charge is -2.41. The van der Waals surface area contributed by atoms with Gasteiger partial charge in [0.05, 0.1) is 15.5 Å². The third kappa shape index (κ3) is 5.09. The van der Waals surface area contributed by atoms with Crippen LogP contribution in [0.5, 0.6) is 0 Å². The first-order chi connectivity index (χ1) is 16.9. The van der Waals surface area contributed by atoms with Gasteiger partial charge in [0.2, 0.25) is 0 Å². The average Bonchev–Trinajstić information content (AvgIpc) is 2.79. The lowest BCUT2D eigenvalue weighted by atomic mass is 9.79. The molecule has 2 aromatic carbocycles. The molecule has 0 aliphatic heterocycles. The molecule has 0 amide bonds. The zero-order valence-corrected chi connectivity index (χ0v) is 25.1. The third-order valence-electron chi connectivity index (χ3n) is 8.70. The second-order valence-electron chi connectivity index (χ2n) is 9.81. The molecule has 37 heavy (non-hydrogen) atoms. The fourth-order valence-corrected chi connectivity index (χ4v) is 9.94. The van der Waals surface area contributed by atoms with E-state index in [1.807, 2.05) is 0 Å². The number of rotatable bonds is 12. The van der Waals surface area contributed by atoms with Crippen molar-refractivity contribution in [3.8, 4) is 0 Å². The second kappa shape index (κ2) is 11.0. The quantitative estimate of drug-likeness (QED) is 0.155. The molecule has 0 aliphatic rings. The molecular weight excluding hydrogens is 537 g/mol. The van der Waals surface area contributed by atoms with E-state index in [-0.39, 0.29) is 49.7 Å². The van der Waals surface area contributed by atoms with Crippen molar-refractivity contribution in [2.75, 3.05) is 0 Å². The van der Waals surface area contributed by atoms with Gasteiger partial charge in [0, 0.05) is 0 Å². The van der Waals surface area contributed by atoms with E-state index in [0.717, 1.165) is 0 Å². The summed E-state index contributed by atoms with van der Waals surface area (Å²) in [7, 11) is -14.2. The van der Waals surface area contributed by atoms with Crippen LogP contribution >= 0.6 is 22.8 Å². The number of benzene rings is 2. The van der Waals surface area contributed by atoms with Gasteiger partial charge in [-0.15, -0.1) is 0 Å². The van der Waals surface area contributed by atoms with Crippen LogP contribution in [0, 0.1) is 0 Å². The molecule has 0 aliphatic carbocycles. The summed E-state index contributed by atoms with van der Waals surface area (Å²) in [4.78, 5) is 62.7.